The van der Waals surface area contributed by atoms with E-state index < -0.39 is 12.0 Å². The molecule has 0 aromatic heterocycles. The summed E-state index contributed by atoms with van der Waals surface area (Å²) in [7, 11) is 26.9. The fourth-order valence-electron chi connectivity index (χ4n) is 0.337. The van der Waals surface area contributed by atoms with Gasteiger partial charge in [0.25, 0.3) is 0 Å². The Hall–Kier alpha value is 1.17. The average Bonchev–Trinajstić information content (AvgIpc) is 1.81. The Kier molecular flexibility index (Phi) is 6.45. The molecule has 0 aromatic carbocycles. The normalized spacial score (nSPS) is 12.4. The van der Waals surface area contributed by atoms with Gasteiger partial charge in [0, 0.05) is 0 Å². The summed E-state index contributed by atoms with van der Waals surface area (Å²) in [6.07, 6.45) is -0.419. The van der Waals surface area contributed by atoms with Crippen LogP contribution in [0.1, 0.15) is 0 Å². The molecule has 10 radical (unpaired) electrons. The van der Waals surface area contributed by atoms with Crippen LogP contribution in [0.2, 0.25) is 0 Å². The molecule has 10 heteroatoms. The Bertz CT molecular complexity index is 162. The van der Waals surface area contributed by atoms with Crippen molar-refractivity contribution in [3.63, 3.8) is 0 Å². The SMILES string of the molecule is [B]B=[S-](=PB([B])[B])B([B])[B]. The zero-order valence-corrected chi connectivity index (χ0v) is 7.19. The van der Waals surface area contributed by atoms with Crippen LogP contribution in [-0.2, 0) is 9.35 Å². The van der Waals surface area contributed by atoms with Crippen molar-refractivity contribution in [3.05, 3.63) is 0 Å². The van der Waals surface area contributed by atoms with Gasteiger partial charge in [0.2, 0.25) is 0 Å². The van der Waals surface area contributed by atoms with E-state index in [9.17, 15) is 0 Å². The molecule has 0 aromatic rings. The van der Waals surface area contributed by atoms with E-state index in [4.69, 9.17) is 38.7 Å². The van der Waals surface area contributed by atoms with E-state index in [1.165, 1.54) is 6.05 Å². The van der Waals surface area contributed by atoms with Crippen molar-refractivity contribution in [2.75, 3.05) is 0 Å². The van der Waals surface area contributed by atoms with Gasteiger partial charge in [-0.3, -0.25) is 0 Å². The van der Waals surface area contributed by atoms with E-state index in [1.807, 2.05) is 0 Å². The third-order valence-corrected chi connectivity index (χ3v) is 4.54. The molecule has 10 heavy (non-hydrogen) atoms. The first kappa shape index (κ1) is 11.2. The maximum atomic E-state index is 5.36. The van der Waals surface area contributed by atoms with Crippen molar-refractivity contribution in [1.29, 1.82) is 0 Å². The Labute approximate surface area is 73.5 Å². The van der Waals surface area contributed by atoms with Gasteiger partial charge >= 0.3 is 73.3 Å². The zero-order chi connectivity index (χ0) is 8.15. The molecule has 0 unspecified atom stereocenters. The molecule has 36 valence electrons. The van der Waals surface area contributed by atoms with Crippen LogP contribution in [0.15, 0.2) is 0 Å². The van der Waals surface area contributed by atoms with E-state index >= 15 is 0 Å². The van der Waals surface area contributed by atoms with Gasteiger partial charge in [0.05, 0.1) is 0 Å². The fraction of sp³-hybridized carbons (Fsp3) is 0. The molecule has 0 bridgehead atoms. The minimum absolute atomic E-state index is 0.383. The average molecular weight is 150 g/mol. The Morgan fingerprint density at radius 1 is 1.20 bits per heavy atom. The second-order valence-electron chi connectivity index (χ2n) is 1.54. The summed E-state index contributed by atoms with van der Waals surface area (Å²) in [5.74, 6) is -0.457. The van der Waals surface area contributed by atoms with Gasteiger partial charge in [-0.2, -0.15) is 0 Å². The van der Waals surface area contributed by atoms with Crippen molar-refractivity contribution in [2.24, 2.45) is 0 Å². The molecular weight excluding hydrogens is 150 g/mol. The predicted octanol–water partition coefficient (Wildman–Crippen LogP) is -2.19. The van der Waals surface area contributed by atoms with Crippen LogP contribution in [0.25, 0.3) is 0 Å². The van der Waals surface area contributed by atoms with Crippen LogP contribution < -0.4 is 0 Å². The van der Waals surface area contributed by atoms with Gasteiger partial charge in [-0.05, 0) is 0 Å². The minimum atomic E-state index is -0.457. The third kappa shape index (κ3) is 4.91. The topological polar surface area (TPSA) is 0 Å². The molecule has 0 spiro atoms. The summed E-state index contributed by atoms with van der Waals surface area (Å²) in [5, 5.41) is 0. The fourth-order valence-corrected chi connectivity index (χ4v) is 2.49. The Morgan fingerprint density at radius 2 is 1.70 bits per heavy atom. The number of hydrogen-bond acceptors (Lipinski definition) is 1. The molecule has 0 atom stereocenters. The van der Waals surface area contributed by atoms with Crippen LogP contribution in [0.4, 0.5) is 0 Å². The van der Waals surface area contributed by atoms with Crippen LogP contribution >= 0.6 is 7.23 Å². The van der Waals surface area contributed by atoms with Crippen LogP contribution in [0.5, 0.6) is 0 Å². The van der Waals surface area contributed by atoms with E-state index in [1.54, 1.807) is 0 Å². The first-order valence-corrected chi connectivity index (χ1v) is 5.50. The molecule has 0 aliphatic heterocycles. The van der Waals surface area contributed by atoms with Gasteiger partial charge in [0.15, 0.2) is 0 Å². The second-order valence-corrected chi connectivity index (χ2v) is 5.76. The molecule has 0 fully saturated rings. The predicted molar refractivity (Wildman–Crippen MR) is 60.3 cm³/mol. The molecule has 0 nitrogen and oxygen atoms in total. The van der Waals surface area contributed by atoms with Gasteiger partial charge in [-0.25, -0.2) is 0 Å². The summed E-state index contributed by atoms with van der Waals surface area (Å²) < 4.78 is 0. The molecule has 0 heterocycles. The van der Waals surface area contributed by atoms with Crippen LogP contribution in [0.3, 0.4) is 0 Å². The summed E-state index contributed by atoms with van der Waals surface area (Å²) >= 11 is 0. The van der Waals surface area contributed by atoms with Crippen molar-refractivity contribution < 1.29 is 0 Å². The molecule has 0 N–H and O–H groups in total. The first-order valence-electron chi connectivity index (χ1n) is 2.58. The van der Waals surface area contributed by atoms with Crippen molar-refractivity contribution in [1.82, 2.24) is 0 Å². The standard InChI is InChI=1S/B8PS/c1-6-10(8(4)5)9-7(2)3/q-1. The number of hydrogen-bond donors (Lipinski definition) is 0. The molecule has 0 saturated heterocycles. The van der Waals surface area contributed by atoms with Crippen LogP contribution in [-0.4, -0.2) is 56.7 Å². The van der Waals surface area contributed by atoms with Crippen molar-refractivity contribution in [2.45, 2.75) is 0 Å². The molecular formula is B8PS-. The summed E-state index contributed by atoms with van der Waals surface area (Å²) in [6.45, 7) is 0. The van der Waals surface area contributed by atoms with Gasteiger partial charge in [-0.15, -0.1) is 0 Å². The quantitative estimate of drug-likeness (QED) is 0.238. The first-order chi connectivity index (χ1) is 4.57. The molecule has 0 aliphatic carbocycles. The number of rotatable bonds is 2. The van der Waals surface area contributed by atoms with Gasteiger partial charge in [-0.1, -0.05) is 0 Å². The van der Waals surface area contributed by atoms with Gasteiger partial charge in [0.1, 0.15) is 0 Å². The Morgan fingerprint density at radius 3 is 1.80 bits per heavy atom. The van der Waals surface area contributed by atoms with Crippen LogP contribution in [0, 0.1) is 0 Å². The molecule has 0 saturated carbocycles. The molecule has 0 aliphatic rings. The monoisotopic (exact) mass is 151 g/mol. The molecule has 0 amide bonds. The Balaban J connectivity index is 4.37. The van der Waals surface area contributed by atoms with Crippen molar-refractivity contribution >= 4 is 73.3 Å². The van der Waals surface area contributed by atoms with Crippen molar-refractivity contribution in [3.8, 4) is 0 Å². The summed E-state index contributed by atoms with van der Waals surface area (Å²) in [6, 6.07) is 1.44. The van der Waals surface area contributed by atoms with Gasteiger partial charge < -0.3 is 0 Å². The molecule has 0 rings (SSSR count). The zero-order valence-electron chi connectivity index (χ0n) is 5.47. The summed E-state index contributed by atoms with van der Waals surface area (Å²) in [4.78, 5) is 0. The third-order valence-electron chi connectivity index (χ3n) is 0.662. The summed E-state index contributed by atoms with van der Waals surface area (Å²) in [5.41, 5.74) is 0. The maximum absolute atomic E-state index is 5.36. The van der Waals surface area contributed by atoms with E-state index in [-0.39, 0.29) is 9.35 Å². The van der Waals surface area contributed by atoms with E-state index in [0.717, 1.165) is 7.23 Å². The second kappa shape index (κ2) is 5.77. The van der Waals surface area contributed by atoms with E-state index in [2.05, 4.69) is 0 Å². The van der Waals surface area contributed by atoms with E-state index in [0.29, 0.717) is 0 Å².